The minimum absolute atomic E-state index is 0.0684. The van der Waals surface area contributed by atoms with E-state index in [-0.39, 0.29) is 29.7 Å². The van der Waals surface area contributed by atoms with Crippen molar-refractivity contribution in [1.29, 1.82) is 0 Å². The minimum atomic E-state index is -0.380. The van der Waals surface area contributed by atoms with Crippen molar-refractivity contribution >= 4 is 23.2 Å². The Labute approximate surface area is 188 Å². The number of carbonyl (C=O) groups excluding carboxylic acids is 2. The van der Waals surface area contributed by atoms with Crippen molar-refractivity contribution in [3.63, 3.8) is 0 Å². The van der Waals surface area contributed by atoms with Crippen LogP contribution >= 0.6 is 0 Å². The maximum atomic E-state index is 13.7. The SMILES string of the molecule is CCCC(=O)N1c2ccccc2[C@H](N(C(=O)c2ccc(F)cc2)c2ccccc2)C[C@@H]1C. The van der Waals surface area contributed by atoms with Crippen molar-refractivity contribution in [1.82, 2.24) is 0 Å². The maximum Gasteiger partial charge on any atom is 0.258 e. The number of carbonyl (C=O) groups is 2. The Morgan fingerprint density at radius 2 is 1.62 bits per heavy atom. The third kappa shape index (κ3) is 4.15. The molecule has 1 aliphatic rings. The Kier molecular flexibility index (Phi) is 6.35. The van der Waals surface area contributed by atoms with E-state index in [9.17, 15) is 14.0 Å². The van der Waals surface area contributed by atoms with Crippen LogP contribution in [0.15, 0.2) is 78.9 Å². The number of hydrogen-bond donors (Lipinski definition) is 0. The molecule has 5 heteroatoms. The highest BCUT2D eigenvalue weighted by molar-refractivity contribution is 6.07. The van der Waals surface area contributed by atoms with Crippen molar-refractivity contribution in [2.75, 3.05) is 9.80 Å². The molecule has 0 spiro atoms. The number of halogens is 1. The summed E-state index contributed by atoms with van der Waals surface area (Å²) in [7, 11) is 0. The van der Waals surface area contributed by atoms with Gasteiger partial charge in [0, 0.05) is 29.4 Å². The molecule has 0 radical (unpaired) electrons. The Morgan fingerprint density at radius 1 is 0.969 bits per heavy atom. The topological polar surface area (TPSA) is 40.6 Å². The number of benzene rings is 3. The van der Waals surface area contributed by atoms with Crippen molar-refractivity contribution in [3.05, 3.63) is 95.8 Å². The number of fused-ring (bicyclic) bond motifs is 1. The molecule has 0 aromatic heterocycles. The molecule has 164 valence electrons. The van der Waals surface area contributed by atoms with Crippen LogP contribution in [0.4, 0.5) is 15.8 Å². The molecule has 2 amide bonds. The molecule has 3 aromatic carbocycles. The summed E-state index contributed by atoms with van der Waals surface area (Å²) >= 11 is 0. The van der Waals surface area contributed by atoms with Crippen molar-refractivity contribution in [3.8, 4) is 0 Å². The zero-order valence-electron chi connectivity index (χ0n) is 18.4. The second-order valence-corrected chi connectivity index (χ2v) is 8.19. The predicted molar refractivity (Wildman–Crippen MR) is 125 cm³/mol. The van der Waals surface area contributed by atoms with Gasteiger partial charge in [0.2, 0.25) is 5.91 Å². The van der Waals surface area contributed by atoms with Crippen LogP contribution in [0.1, 0.15) is 55.1 Å². The van der Waals surface area contributed by atoms with Crippen LogP contribution in [-0.2, 0) is 4.79 Å². The van der Waals surface area contributed by atoms with E-state index in [4.69, 9.17) is 0 Å². The third-order valence-corrected chi connectivity index (χ3v) is 5.95. The lowest BCUT2D eigenvalue weighted by Gasteiger charge is -2.43. The van der Waals surface area contributed by atoms with Gasteiger partial charge in [0.25, 0.3) is 5.91 Å². The molecule has 1 heterocycles. The second-order valence-electron chi connectivity index (χ2n) is 8.19. The second kappa shape index (κ2) is 9.35. The first-order valence-electron chi connectivity index (χ1n) is 11.1. The molecule has 2 atom stereocenters. The Bertz CT molecular complexity index is 1100. The van der Waals surface area contributed by atoms with Gasteiger partial charge in [-0.3, -0.25) is 9.59 Å². The van der Waals surface area contributed by atoms with Crippen LogP contribution in [0.3, 0.4) is 0 Å². The maximum absolute atomic E-state index is 13.7. The minimum Gasteiger partial charge on any atom is -0.309 e. The van der Waals surface area contributed by atoms with Gasteiger partial charge in [-0.1, -0.05) is 43.3 Å². The summed E-state index contributed by atoms with van der Waals surface area (Å²) in [5.41, 5.74) is 2.98. The fraction of sp³-hybridized carbons (Fsp3) is 0.259. The Morgan fingerprint density at radius 3 is 2.31 bits per heavy atom. The molecule has 0 N–H and O–H groups in total. The van der Waals surface area contributed by atoms with E-state index in [0.29, 0.717) is 18.4 Å². The van der Waals surface area contributed by atoms with Gasteiger partial charge in [0.05, 0.1) is 6.04 Å². The molecular formula is C27H27FN2O2. The number of nitrogens with zero attached hydrogens (tertiary/aromatic N) is 2. The van der Waals surface area contributed by atoms with Crippen LogP contribution in [0.25, 0.3) is 0 Å². The molecule has 0 fully saturated rings. The van der Waals surface area contributed by atoms with Crippen LogP contribution in [0.5, 0.6) is 0 Å². The van der Waals surface area contributed by atoms with Gasteiger partial charge in [-0.15, -0.1) is 0 Å². The molecule has 3 aromatic rings. The number of anilines is 2. The van der Waals surface area contributed by atoms with E-state index in [1.54, 1.807) is 4.90 Å². The fourth-order valence-electron chi connectivity index (χ4n) is 4.50. The zero-order valence-corrected chi connectivity index (χ0v) is 18.4. The smallest absolute Gasteiger partial charge is 0.258 e. The van der Waals surface area contributed by atoms with Crippen molar-refractivity contribution < 1.29 is 14.0 Å². The summed E-state index contributed by atoms with van der Waals surface area (Å²) < 4.78 is 13.5. The predicted octanol–water partition coefficient (Wildman–Crippen LogP) is 6.14. The Balaban J connectivity index is 1.82. The number of rotatable bonds is 5. The highest BCUT2D eigenvalue weighted by atomic mass is 19.1. The normalized spacial score (nSPS) is 17.5. The molecule has 0 unspecified atom stereocenters. The van der Waals surface area contributed by atoms with Crippen LogP contribution in [0.2, 0.25) is 0 Å². The molecule has 0 aliphatic carbocycles. The van der Waals surface area contributed by atoms with Crippen molar-refractivity contribution in [2.24, 2.45) is 0 Å². The monoisotopic (exact) mass is 430 g/mol. The molecule has 0 bridgehead atoms. The van der Waals surface area contributed by atoms with Crippen LogP contribution in [0, 0.1) is 5.82 Å². The van der Waals surface area contributed by atoms with E-state index < -0.39 is 0 Å². The molecule has 32 heavy (non-hydrogen) atoms. The first-order chi connectivity index (χ1) is 15.5. The van der Waals surface area contributed by atoms with Crippen LogP contribution < -0.4 is 9.80 Å². The fourth-order valence-corrected chi connectivity index (χ4v) is 4.50. The van der Waals surface area contributed by atoms with Gasteiger partial charge in [-0.25, -0.2) is 4.39 Å². The highest BCUT2D eigenvalue weighted by Gasteiger charge is 2.38. The molecule has 4 rings (SSSR count). The summed E-state index contributed by atoms with van der Waals surface area (Å²) in [6.45, 7) is 4.03. The standard InChI is InChI=1S/C27H27FN2O2/c1-3-9-26(31)29-19(2)18-25(23-12-7-8-13-24(23)29)30(22-10-5-4-6-11-22)27(32)20-14-16-21(28)17-15-20/h4-8,10-17,19,25H,3,9,18H2,1-2H3/t19-,25+/m0/s1. The van der Waals surface area contributed by atoms with E-state index in [2.05, 4.69) is 0 Å². The summed E-state index contributed by atoms with van der Waals surface area (Å²) in [6, 6.07) is 22.6. The van der Waals surface area contributed by atoms with Crippen molar-refractivity contribution in [2.45, 2.75) is 45.2 Å². The van der Waals surface area contributed by atoms with Gasteiger partial charge in [-0.05, 0) is 67.8 Å². The van der Waals surface area contributed by atoms with E-state index in [1.165, 1.54) is 24.3 Å². The van der Waals surface area contributed by atoms with E-state index in [0.717, 1.165) is 23.4 Å². The molecular weight excluding hydrogens is 403 g/mol. The lowest BCUT2D eigenvalue weighted by molar-refractivity contribution is -0.119. The Hall–Kier alpha value is -3.47. The van der Waals surface area contributed by atoms with Gasteiger partial charge < -0.3 is 9.80 Å². The van der Waals surface area contributed by atoms with E-state index in [1.807, 2.05) is 73.3 Å². The first-order valence-corrected chi connectivity index (χ1v) is 11.1. The lowest BCUT2D eigenvalue weighted by Crippen LogP contribution is -2.47. The largest absolute Gasteiger partial charge is 0.309 e. The van der Waals surface area contributed by atoms with Gasteiger partial charge >= 0.3 is 0 Å². The first kappa shape index (κ1) is 21.8. The molecule has 0 saturated heterocycles. The lowest BCUT2D eigenvalue weighted by atomic mass is 9.89. The van der Waals surface area contributed by atoms with Gasteiger partial charge in [0.15, 0.2) is 0 Å². The zero-order chi connectivity index (χ0) is 22.7. The molecule has 1 aliphatic heterocycles. The quantitative estimate of drug-likeness (QED) is 0.488. The van der Waals surface area contributed by atoms with Gasteiger partial charge in [0.1, 0.15) is 5.82 Å². The average molecular weight is 431 g/mol. The summed E-state index contributed by atoms with van der Waals surface area (Å²) in [5.74, 6) is -0.479. The average Bonchev–Trinajstić information content (AvgIpc) is 2.80. The summed E-state index contributed by atoms with van der Waals surface area (Å²) in [4.78, 5) is 30.3. The van der Waals surface area contributed by atoms with Crippen LogP contribution in [-0.4, -0.2) is 17.9 Å². The highest BCUT2D eigenvalue weighted by Crippen LogP contribution is 2.43. The molecule has 4 nitrogen and oxygen atoms in total. The summed E-state index contributed by atoms with van der Waals surface area (Å²) in [6.07, 6.45) is 1.88. The number of amides is 2. The molecule has 0 saturated carbocycles. The number of hydrogen-bond acceptors (Lipinski definition) is 2. The van der Waals surface area contributed by atoms with Gasteiger partial charge in [-0.2, -0.15) is 0 Å². The summed E-state index contributed by atoms with van der Waals surface area (Å²) in [5, 5.41) is 0. The van der Waals surface area contributed by atoms with E-state index >= 15 is 0 Å². The number of para-hydroxylation sites is 2. The third-order valence-electron chi connectivity index (χ3n) is 5.95.